The number of carbonyl (C=O) groups excluding carboxylic acids is 1. The van der Waals surface area contributed by atoms with Gasteiger partial charge in [0.2, 0.25) is 5.91 Å². The van der Waals surface area contributed by atoms with E-state index in [0.717, 1.165) is 29.3 Å². The molecule has 0 aliphatic carbocycles. The first-order valence-electron chi connectivity index (χ1n) is 7.26. The number of fused-ring (bicyclic) bond motifs is 1. The number of nitrogens with one attached hydrogen (secondary N) is 1. The summed E-state index contributed by atoms with van der Waals surface area (Å²) < 4.78 is 1.84. The summed E-state index contributed by atoms with van der Waals surface area (Å²) in [6, 6.07) is 5.69. The van der Waals surface area contributed by atoms with E-state index in [2.05, 4.69) is 19.2 Å². The van der Waals surface area contributed by atoms with Crippen LogP contribution in [0.5, 0.6) is 0 Å². The van der Waals surface area contributed by atoms with Gasteiger partial charge < -0.3 is 15.0 Å². The molecule has 0 aliphatic rings. The molecule has 4 nitrogen and oxygen atoms in total. The van der Waals surface area contributed by atoms with Crippen molar-refractivity contribution in [2.24, 2.45) is 0 Å². The molecule has 2 aromatic rings. The SMILES string of the molecule is CCC(CC)NC(=O)Cn1cc(CO)c2ccc(Cl)cc21. The standard InChI is InChI=1S/C16H21ClN2O2/c1-3-13(4-2)18-16(21)9-19-8-11(10-20)14-6-5-12(17)7-15(14)19/h5-8,13,20H,3-4,9-10H2,1-2H3,(H,18,21). The van der Waals surface area contributed by atoms with Gasteiger partial charge in [-0.3, -0.25) is 4.79 Å². The monoisotopic (exact) mass is 308 g/mol. The molecule has 1 amide bonds. The van der Waals surface area contributed by atoms with Crippen molar-refractivity contribution in [1.29, 1.82) is 0 Å². The number of hydrogen-bond acceptors (Lipinski definition) is 2. The molecule has 0 bridgehead atoms. The molecule has 1 heterocycles. The molecule has 5 heteroatoms. The first kappa shape index (κ1) is 15.9. The number of aromatic nitrogens is 1. The molecule has 21 heavy (non-hydrogen) atoms. The Hall–Kier alpha value is -1.52. The van der Waals surface area contributed by atoms with Crippen molar-refractivity contribution in [2.45, 2.75) is 45.9 Å². The average molecular weight is 309 g/mol. The van der Waals surface area contributed by atoms with E-state index in [1.165, 1.54) is 0 Å². The Bertz CT molecular complexity index is 632. The van der Waals surface area contributed by atoms with E-state index in [0.29, 0.717) is 5.02 Å². The van der Waals surface area contributed by atoms with Crippen molar-refractivity contribution in [1.82, 2.24) is 9.88 Å². The third-order valence-corrected chi connectivity index (χ3v) is 4.00. The lowest BCUT2D eigenvalue weighted by Crippen LogP contribution is -2.36. The highest BCUT2D eigenvalue weighted by molar-refractivity contribution is 6.31. The smallest absolute Gasteiger partial charge is 0.240 e. The normalized spacial score (nSPS) is 11.3. The molecule has 1 aromatic carbocycles. The van der Waals surface area contributed by atoms with Crippen LogP contribution in [0.25, 0.3) is 10.9 Å². The van der Waals surface area contributed by atoms with Crippen LogP contribution in [-0.2, 0) is 17.9 Å². The fourth-order valence-electron chi connectivity index (χ4n) is 2.52. The number of halogens is 1. The minimum absolute atomic E-state index is 0.0231. The summed E-state index contributed by atoms with van der Waals surface area (Å²) >= 11 is 6.03. The molecular weight excluding hydrogens is 288 g/mol. The molecule has 0 aliphatic heterocycles. The van der Waals surface area contributed by atoms with Gasteiger partial charge in [-0.1, -0.05) is 31.5 Å². The highest BCUT2D eigenvalue weighted by Gasteiger charge is 2.13. The van der Waals surface area contributed by atoms with Gasteiger partial charge in [0.05, 0.1) is 12.1 Å². The molecule has 2 N–H and O–H groups in total. The summed E-state index contributed by atoms with van der Waals surface area (Å²) in [6.45, 7) is 4.29. The minimum Gasteiger partial charge on any atom is -0.392 e. The number of benzene rings is 1. The fraction of sp³-hybridized carbons (Fsp3) is 0.438. The predicted octanol–water partition coefficient (Wildman–Crippen LogP) is 3.09. The van der Waals surface area contributed by atoms with Crippen molar-refractivity contribution in [3.63, 3.8) is 0 Å². The zero-order valence-corrected chi connectivity index (χ0v) is 13.2. The first-order chi connectivity index (χ1) is 10.1. The van der Waals surface area contributed by atoms with E-state index in [4.69, 9.17) is 11.6 Å². The number of carbonyl (C=O) groups is 1. The van der Waals surface area contributed by atoms with E-state index in [1.54, 1.807) is 6.07 Å². The van der Waals surface area contributed by atoms with Crippen LogP contribution in [0.1, 0.15) is 32.3 Å². The maximum atomic E-state index is 12.1. The van der Waals surface area contributed by atoms with Crippen molar-refractivity contribution in [3.05, 3.63) is 35.0 Å². The van der Waals surface area contributed by atoms with E-state index in [1.807, 2.05) is 22.9 Å². The van der Waals surface area contributed by atoms with Gasteiger partial charge in [-0.2, -0.15) is 0 Å². The van der Waals surface area contributed by atoms with Crippen LogP contribution in [0, 0.1) is 0 Å². The van der Waals surface area contributed by atoms with Crippen LogP contribution in [0.2, 0.25) is 5.02 Å². The molecule has 0 atom stereocenters. The third kappa shape index (κ3) is 3.57. The van der Waals surface area contributed by atoms with Crippen molar-refractivity contribution in [3.8, 4) is 0 Å². The third-order valence-electron chi connectivity index (χ3n) is 3.76. The largest absolute Gasteiger partial charge is 0.392 e. The average Bonchev–Trinajstić information content (AvgIpc) is 2.82. The molecule has 0 unspecified atom stereocenters. The Morgan fingerprint density at radius 1 is 1.38 bits per heavy atom. The van der Waals surface area contributed by atoms with Crippen molar-refractivity contribution in [2.75, 3.05) is 0 Å². The van der Waals surface area contributed by atoms with Gasteiger partial charge in [0.1, 0.15) is 6.54 Å². The summed E-state index contributed by atoms with van der Waals surface area (Å²) in [5.41, 5.74) is 1.67. The zero-order chi connectivity index (χ0) is 15.4. The second-order valence-electron chi connectivity index (χ2n) is 5.18. The summed E-state index contributed by atoms with van der Waals surface area (Å²) in [5.74, 6) is -0.0231. The summed E-state index contributed by atoms with van der Waals surface area (Å²) in [4.78, 5) is 12.1. The zero-order valence-electron chi connectivity index (χ0n) is 12.4. The second-order valence-corrected chi connectivity index (χ2v) is 5.62. The predicted molar refractivity (Wildman–Crippen MR) is 85.4 cm³/mol. The summed E-state index contributed by atoms with van der Waals surface area (Å²) in [5, 5.41) is 14.0. The van der Waals surface area contributed by atoms with Gasteiger partial charge in [-0.05, 0) is 25.0 Å². The maximum absolute atomic E-state index is 12.1. The minimum atomic E-state index is -0.0563. The van der Waals surface area contributed by atoms with Gasteiger partial charge in [-0.25, -0.2) is 0 Å². The molecule has 1 aromatic heterocycles. The van der Waals surface area contributed by atoms with E-state index >= 15 is 0 Å². The quantitative estimate of drug-likeness (QED) is 0.861. The molecule has 0 fully saturated rings. The molecule has 0 saturated carbocycles. The number of aliphatic hydroxyl groups is 1. The lowest BCUT2D eigenvalue weighted by atomic mass is 10.2. The molecule has 0 radical (unpaired) electrons. The number of nitrogens with zero attached hydrogens (tertiary/aromatic N) is 1. The van der Waals surface area contributed by atoms with Crippen LogP contribution in [0.15, 0.2) is 24.4 Å². The number of rotatable bonds is 6. The van der Waals surface area contributed by atoms with Gasteiger partial charge in [0.25, 0.3) is 0 Å². The molecule has 114 valence electrons. The topological polar surface area (TPSA) is 54.3 Å². The van der Waals surface area contributed by atoms with E-state index < -0.39 is 0 Å². The highest BCUT2D eigenvalue weighted by Crippen LogP contribution is 2.24. The Labute approximate surface area is 129 Å². The Balaban J connectivity index is 2.25. The number of hydrogen-bond donors (Lipinski definition) is 2. The van der Waals surface area contributed by atoms with Gasteiger partial charge >= 0.3 is 0 Å². The van der Waals surface area contributed by atoms with Crippen LogP contribution in [-0.4, -0.2) is 21.6 Å². The Kier molecular flexibility index (Phi) is 5.26. The maximum Gasteiger partial charge on any atom is 0.240 e. The lowest BCUT2D eigenvalue weighted by molar-refractivity contribution is -0.122. The van der Waals surface area contributed by atoms with Gasteiger partial charge in [0, 0.05) is 28.2 Å². The van der Waals surface area contributed by atoms with Gasteiger partial charge in [-0.15, -0.1) is 0 Å². The molecular formula is C16H21ClN2O2. The van der Waals surface area contributed by atoms with Crippen molar-refractivity contribution < 1.29 is 9.90 Å². The van der Waals surface area contributed by atoms with Crippen LogP contribution in [0.3, 0.4) is 0 Å². The number of aliphatic hydroxyl groups excluding tert-OH is 1. The molecule has 2 rings (SSSR count). The van der Waals surface area contributed by atoms with E-state index in [9.17, 15) is 9.90 Å². The lowest BCUT2D eigenvalue weighted by Gasteiger charge is -2.15. The van der Waals surface area contributed by atoms with E-state index in [-0.39, 0.29) is 25.1 Å². The fourth-order valence-corrected chi connectivity index (χ4v) is 2.69. The summed E-state index contributed by atoms with van der Waals surface area (Å²) in [6.07, 6.45) is 3.65. The summed E-state index contributed by atoms with van der Waals surface area (Å²) in [7, 11) is 0. The molecule has 0 saturated heterocycles. The highest BCUT2D eigenvalue weighted by atomic mass is 35.5. The van der Waals surface area contributed by atoms with Crippen LogP contribution >= 0.6 is 11.6 Å². The number of amides is 1. The van der Waals surface area contributed by atoms with Crippen molar-refractivity contribution >= 4 is 28.4 Å². The Morgan fingerprint density at radius 3 is 2.71 bits per heavy atom. The molecule has 0 spiro atoms. The van der Waals surface area contributed by atoms with Crippen LogP contribution < -0.4 is 5.32 Å². The second kappa shape index (κ2) is 6.96. The van der Waals surface area contributed by atoms with Gasteiger partial charge in [0.15, 0.2) is 0 Å². The first-order valence-corrected chi connectivity index (χ1v) is 7.64. The Morgan fingerprint density at radius 2 is 2.10 bits per heavy atom. The van der Waals surface area contributed by atoms with Crippen LogP contribution in [0.4, 0.5) is 0 Å².